The molecule has 2 rings (SSSR count). The van der Waals surface area contributed by atoms with Crippen LogP contribution in [0.15, 0.2) is 49.1 Å². The molecule has 0 saturated carbocycles. The minimum absolute atomic E-state index is 0.0964. The van der Waals surface area contributed by atoms with E-state index in [1.165, 1.54) is 11.1 Å². The van der Waals surface area contributed by atoms with E-state index in [1.807, 2.05) is 36.8 Å². The van der Waals surface area contributed by atoms with Gasteiger partial charge in [0.05, 0.1) is 6.04 Å². The third kappa shape index (κ3) is 3.62. The van der Waals surface area contributed by atoms with Gasteiger partial charge >= 0.3 is 0 Å². The van der Waals surface area contributed by atoms with Gasteiger partial charge in [-0.3, -0.25) is 14.9 Å². The Balaban J connectivity index is 2.19. The fraction of sp³-hybridized carbons (Fsp3) is 0.375. The summed E-state index contributed by atoms with van der Waals surface area (Å²) in [5, 5.41) is 0. The maximum atomic E-state index is 6.33. The van der Waals surface area contributed by atoms with E-state index in [2.05, 4.69) is 34.9 Å². The smallest absolute Gasteiger partial charge is 0.0500 e. The quantitative estimate of drug-likeness (QED) is 0.875. The molecule has 4 heteroatoms. The van der Waals surface area contributed by atoms with Crippen molar-refractivity contribution in [3.05, 3.63) is 60.2 Å². The van der Waals surface area contributed by atoms with E-state index in [9.17, 15) is 0 Å². The summed E-state index contributed by atoms with van der Waals surface area (Å²) in [5.41, 5.74) is 8.73. The predicted octanol–water partition coefficient (Wildman–Crippen LogP) is 2.39. The predicted molar refractivity (Wildman–Crippen MR) is 80.9 cm³/mol. The molecule has 2 atom stereocenters. The molecule has 0 fully saturated rings. The van der Waals surface area contributed by atoms with Gasteiger partial charge in [-0.05, 0) is 42.8 Å². The Morgan fingerprint density at radius 1 is 1.15 bits per heavy atom. The van der Waals surface area contributed by atoms with Crippen LogP contribution in [0.5, 0.6) is 0 Å². The maximum absolute atomic E-state index is 6.33. The lowest BCUT2D eigenvalue weighted by atomic mass is 9.97. The molecule has 0 bridgehead atoms. The van der Waals surface area contributed by atoms with Gasteiger partial charge in [-0.1, -0.05) is 13.0 Å². The SMILES string of the molecule is CCC(N)C(c1ccncc1)N(C)Cc1cccnc1. The van der Waals surface area contributed by atoms with Crippen LogP contribution < -0.4 is 5.73 Å². The van der Waals surface area contributed by atoms with Gasteiger partial charge in [0.1, 0.15) is 0 Å². The van der Waals surface area contributed by atoms with Crippen molar-refractivity contribution in [3.8, 4) is 0 Å². The zero-order chi connectivity index (χ0) is 14.4. The van der Waals surface area contributed by atoms with Crippen molar-refractivity contribution in [3.63, 3.8) is 0 Å². The number of nitrogens with two attached hydrogens (primary N) is 1. The molecule has 2 aromatic heterocycles. The van der Waals surface area contributed by atoms with Crippen LogP contribution in [0.1, 0.15) is 30.5 Å². The van der Waals surface area contributed by atoms with Crippen LogP contribution in [0.3, 0.4) is 0 Å². The number of likely N-dealkylation sites (N-methyl/N-ethyl adjacent to an activating group) is 1. The lowest BCUT2D eigenvalue weighted by molar-refractivity contribution is 0.201. The van der Waals surface area contributed by atoms with E-state index in [1.54, 1.807) is 6.20 Å². The van der Waals surface area contributed by atoms with E-state index in [0.29, 0.717) is 0 Å². The van der Waals surface area contributed by atoms with Crippen molar-refractivity contribution < 1.29 is 0 Å². The molecule has 2 N–H and O–H groups in total. The molecule has 20 heavy (non-hydrogen) atoms. The molecule has 0 spiro atoms. The van der Waals surface area contributed by atoms with Crippen LogP contribution in [0.25, 0.3) is 0 Å². The topological polar surface area (TPSA) is 55.0 Å². The van der Waals surface area contributed by atoms with Gasteiger partial charge in [-0.25, -0.2) is 0 Å². The van der Waals surface area contributed by atoms with Gasteiger partial charge < -0.3 is 5.73 Å². The summed E-state index contributed by atoms with van der Waals surface area (Å²) in [4.78, 5) is 10.5. The van der Waals surface area contributed by atoms with Crippen molar-refractivity contribution in [2.75, 3.05) is 7.05 Å². The van der Waals surface area contributed by atoms with E-state index in [-0.39, 0.29) is 12.1 Å². The monoisotopic (exact) mass is 270 g/mol. The van der Waals surface area contributed by atoms with Crippen LogP contribution in [0.4, 0.5) is 0 Å². The third-order valence-corrected chi connectivity index (χ3v) is 3.55. The van der Waals surface area contributed by atoms with Crippen LogP contribution in [-0.4, -0.2) is 28.0 Å². The van der Waals surface area contributed by atoms with Crippen molar-refractivity contribution in [2.45, 2.75) is 32.0 Å². The Kier molecular flexibility index (Phi) is 5.21. The summed E-state index contributed by atoms with van der Waals surface area (Å²) in [6.07, 6.45) is 8.27. The molecule has 2 aromatic rings. The summed E-state index contributed by atoms with van der Waals surface area (Å²) in [5.74, 6) is 0. The molecule has 0 aliphatic carbocycles. The van der Waals surface area contributed by atoms with Gasteiger partial charge in [-0.2, -0.15) is 0 Å². The fourth-order valence-corrected chi connectivity index (χ4v) is 2.49. The summed E-state index contributed by atoms with van der Waals surface area (Å²) in [6, 6.07) is 8.41. The minimum Gasteiger partial charge on any atom is -0.326 e. The second-order valence-electron chi connectivity index (χ2n) is 5.07. The Morgan fingerprint density at radius 2 is 1.90 bits per heavy atom. The largest absolute Gasteiger partial charge is 0.326 e. The number of nitrogens with zero attached hydrogens (tertiary/aromatic N) is 3. The molecular weight excluding hydrogens is 248 g/mol. The standard InChI is InChI=1S/C16H22N4/c1-3-15(17)16(14-6-9-18-10-7-14)20(2)12-13-5-4-8-19-11-13/h4-11,15-16H,3,12,17H2,1-2H3. The molecule has 0 aromatic carbocycles. The van der Waals surface area contributed by atoms with Crippen LogP contribution >= 0.6 is 0 Å². The normalized spacial score (nSPS) is 14.2. The van der Waals surface area contributed by atoms with E-state index in [4.69, 9.17) is 5.73 Å². The molecule has 0 aliphatic heterocycles. The first-order valence-electron chi connectivity index (χ1n) is 6.97. The van der Waals surface area contributed by atoms with Gasteiger partial charge in [0.2, 0.25) is 0 Å². The minimum atomic E-state index is 0.0964. The Bertz CT molecular complexity index is 500. The molecule has 0 aliphatic rings. The number of pyridine rings is 2. The molecular formula is C16H22N4. The summed E-state index contributed by atoms with van der Waals surface area (Å²) in [6.45, 7) is 2.95. The first kappa shape index (κ1) is 14.6. The highest BCUT2D eigenvalue weighted by atomic mass is 15.1. The zero-order valence-electron chi connectivity index (χ0n) is 12.1. The lowest BCUT2D eigenvalue weighted by Crippen LogP contribution is -2.38. The van der Waals surface area contributed by atoms with E-state index in [0.717, 1.165) is 13.0 Å². The Morgan fingerprint density at radius 3 is 2.50 bits per heavy atom. The molecule has 0 saturated heterocycles. The number of aromatic nitrogens is 2. The Labute approximate surface area is 120 Å². The molecule has 106 valence electrons. The second kappa shape index (κ2) is 7.12. The summed E-state index contributed by atoms with van der Waals surface area (Å²) in [7, 11) is 2.10. The average molecular weight is 270 g/mol. The highest BCUT2D eigenvalue weighted by Gasteiger charge is 2.23. The van der Waals surface area contributed by atoms with Crippen LogP contribution in [0, 0.1) is 0 Å². The zero-order valence-corrected chi connectivity index (χ0v) is 12.1. The highest BCUT2D eigenvalue weighted by Crippen LogP contribution is 2.24. The first-order chi connectivity index (χ1) is 9.72. The number of hydrogen-bond donors (Lipinski definition) is 1. The molecule has 4 nitrogen and oxygen atoms in total. The van der Waals surface area contributed by atoms with Crippen molar-refractivity contribution in [1.29, 1.82) is 0 Å². The van der Waals surface area contributed by atoms with Crippen LogP contribution in [0.2, 0.25) is 0 Å². The van der Waals surface area contributed by atoms with Crippen molar-refractivity contribution in [2.24, 2.45) is 5.73 Å². The number of rotatable bonds is 6. The highest BCUT2D eigenvalue weighted by molar-refractivity contribution is 5.18. The Hall–Kier alpha value is -1.78. The van der Waals surface area contributed by atoms with Gasteiger partial charge in [-0.15, -0.1) is 0 Å². The number of hydrogen-bond acceptors (Lipinski definition) is 4. The lowest BCUT2D eigenvalue weighted by Gasteiger charge is -2.32. The summed E-state index contributed by atoms with van der Waals surface area (Å²) < 4.78 is 0. The molecule has 0 radical (unpaired) electrons. The fourth-order valence-electron chi connectivity index (χ4n) is 2.49. The van der Waals surface area contributed by atoms with E-state index >= 15 is 0 Å². The average Bonchev–Trinajstić information content (AvgIpc) is 2.49. The van der Waals surface area contributed by atoms with Gasteiger partial charge in [0, 0.05) is 37.4 Å². The second-order valence-corrected chi connectivity index (χ2v) is 5.07. The maximum Gasteiger partial charge on any atom is 0.0500 e. The molecule has 2 heterocycles. The first-order valence-corrected chi connectivity index (χ1v) is 6.97. The summed E-state index contributed by atoms with van der Waals surface area (Å²) >= 11 is 0. The van der Waals surface area contributed by atoms with Crippen molar-refractivity contribution in [1.82, 2.24) is 14.9 Å². The molecule has 0 amide bonds. The van der Waals surface area contributed by atoms with E-state index < -0.39 is 0 Å². The van der Waals surface area contributed by atoms with Crippen LogP contribution in [-0.2, 0) is 6.54 Å². The molecule has 2 unspecified atom stereocenters. The van der Waals surface area contributed by atoms with Crippen molar-refractivity contribution >= 4 is 0 Å². The van der Waals surface area contributed by atoms with Gasteiger partial charge in [0.25, 0.3) is 0 Å². The van der Waals surface area contributed by atoms with Gasteiger partial charge in [0.15, 0.2) is 0 Å². The third-order valence-electron chi connectivity index (χ3n) is 3.55.